The van der Waals surface area contributed by atoms with Gasteiger partial charge in [0.15, 0.2) is 14.1 Å². The first-order valence-electron chi connectivity index (χ1n) is 10.9. The van der Waals surface area contributed by atoms with Crippen molar-refractivity contribution in [1.29, 1.82) is 0 Å². The highest BCUT2D eigenvalue weighted by molar-refractivity contribution is 6.74. The zero-order valence-corrected chi connectivity index (χ0v) is 21.5. The van der Waals surface area contributed by atoms with E-state index < -0.39 is 8.32 Å². The minimum Gasteiger partial charge on any atom is -0.469 e. The standard InChI is InChI=1S/C22H35ClN4O3Si/c1-15(9-11-30-31(6,7)22(2,3)4)27-18-12-19(23)24-13-17(18)20(25-27)26-10-8-16(14-26)21(28)29-5/h12-13,15-16H,8-11,14H2,1-7H3/t15-,16?/m0/s1. The maximum Gasteiger partial charge on any atom is 0.310 e. The summed E-state index contributed by atoms with van der Waals surface area (Å²) in [5, 5.41) is 6.53. The largest absolute Gasteiger partial charge is 0.469 e. The third-order valence-corrected chi connectivity index (χ3v) is 11.5. The maximum atomic E-state index is 12.0. The fourth-order valence-corrected chi connectivity index (χ4v) is 4.91. The molecule has 2 atom stereocenters. The van der Waals surface area contributed by atoms with E-state index in [1.165, 1.54) is 7.11 Å². The molecule has 0 aliphatic carbocycles. The van der Waals surface area contributed by atoms with E-state index in [0.717, 1.165) is 36.1 Å². The highest BCUT2D eigenvalue weighted by Crippen LogP contribution is 2.37. The second kappa shape index (κ2) is 9.08. The van der Waals surface area contributed by atoms with Crippen LogP contribution >= 0.6 is 11.6 Å². The van der Waals surface area contributed by atoms with E-state index in [2.05, 4.69) is 50.7 Å². The van der Waals surface area contributed by atoms with E-state index in [0.29, 0.717) is 18.3 Å². The van der Waals surface area contributed by atoms with Gasteiger partial charge in [0.2, 0.25) is 0 Å². The molecular weight excluding hydrogens is 432 g/mol. The van der Waals surface area contributed by atoms with Crippen LogP contribution in [0.15, 0.2) is 12.3 Å². The molecule has 0 amide bonds. The number of anilines is 1. The number of pyridine rings is 1. The summed E-state index contributed by atoms with van der Waals surface area (Å²) < 4.78 is 13.3. The average Bonchev–Trinajstić information content (AvgIpc) is 3.30. The average molecular weight is 467 g/mol. The number of fused-ring (bicyclic) bond motifs is 1. The number of hydrogen-bond donors (Lipinski definition) is 0. The van der Waals surface area contributed by atoms with E-state index in [9.17, 15) is 4.79 Å². The van der Waals surface area contributed by atoms with Crippen LogP contribution < -0.4 is 4.90 Å². The Hall–Kier alpha value is -1.64. The molecule has 9 heteroatoms. The lowest BCUT2D eigenvalue weighted by Gasteiger charge is -2.36. The van der Waals surface area contributed by atoms with E-state index in [1.54, 1.807) is 6.20 Å². The molecule has 0 N–H and O–H groups in total. The Morgan fingerprint density at radius 2 is 2.10 bits per heavy atom. The van der Waals surface area contributed by atoms with Crippen molar-refractivity contribution in [2.75, 3.05) is 31.7 Å². The van der Waals surface area contributed by atoms with Crippen molar-refractivity contribution in [2.45, 2.75) is 64.7 Å². The summed E-state index contributed by atoms with van der Waals surface area (Å²) in [6.07, 6.45) is 3.40. The third-order valence-electron chi connectivity index (χ3n) is 6.78. The van der Waals surface area contributed by atoms with Crippen LogP contribution in [0.1, 0.15) is 46.6 Å². The Labute approximate surface area is 191 Å². The summed E-state index contributed by atoms with van der Waals surface area (Å²) in [7, 11) is -0.347. The fourth-order valence-electron chi connectivity index (χ4n) is 3.70. The van der Waals surface area contributed by atoms with Gasteiger partial charge in [0.1, 0.15) is 5.15 Å². The highest BCUT2D eigenvalue weighted by Gasteiger charge is 2.37. The smallest absolute Gasteiger partial charge is 0.310 e. The predicted molar refractivity (Wildman–Crippen MR) is 127 cm³/mol. The van der Waals surface area contributed by atoms with E-state index in [-0.39, 0.29) is 23.0 Å². The fraction of sp³-hybridized carbons (Fsp3) is 0.682. The van der Waals surface area contributed by atoms with Crippen molar-refractivity contribution in [3.63, 3.8) is 0 Å². The van der Waals surface area contributed by atoms with Gasteiger partial charge in [-0.1, -0.05) is 32.4 Å². The van der Waals surface area contributed by atoms with Gasteiger partial charge in [-0.15, -0.1) is 0 Å². The quantitative estimate of drug-likeness (QED) is 0.323. The zero-order chi connectivity index (χ0) is 23.0. The molecule has 1 aliphatic heterocycles. The molecule has 0 radical (unpaired) electrons. The second-order valence-electron chi connectivity index (χ2n) is 9.99. The molecule has 0 spiro atoms. The molecule has 7 nitrogen and oxygen atoms in total. The number of carbonyl (C=O) groups excluding carboxylic acids is 1. The van der Waals surface area contributed by atoms with E-state index in [1.807, 2.05) is 10.7 Å². The third kappa shape index (κ3) is 5.07. The number of nitrogens with zero attached hydrogens (tertiary/aromatic N) is 4. The summed E-state index contributed by atoms with van der Waals surface area (Å²) in [6.45, 7) is 15.5. The number of hydrogen-bond acceptors (Lipinski definition) is 6. The number of aromatic nitrogens is 3. The van der Waals surface area contributed by atoms with Crippen LogP contribution in [0.25, 0.3) is 10.9 Å². The monoisotopic (exact) mass is 466 g/mol. The lowest BCUT2D eigenvalue weighted by atomic mass is 10.1. The summed E-state index contributed by atoms with van der Waals surface area (Å²) in [5.74, 6) is 0.562. The van der Waals surface area contributed by atoms with Crippen LogP contribution in [0.5, 0.6) is 0 Å². The molecule has 1 aliphatic rings. The van der Waals surface area contributed by atoms with Gasteiger partial charge in [-0.05, 0) is 37.9 Å². The zero-order valence-electron chi connectivity index (χ0n) is 19.7. The van der Waals surface area contributed by atoms with Gasteiger partial charge in [0, 0.05) is 32.0 Å². The van der Waals surface area contributed by atoms with Gasteiger partial charge in [0.05, 0.1) is 30.0 Å². The summed E-state index contributed by atoms with van der Waals surface area (Å²) in [6, 6.07) is 2.01. The second-order valence-corrected chi connectivity index (χ2v) is 15.2. The van der Waals surface area contributed by atoms with Crippen molar-refractivity contribution in [3.8, 4) is 0 Å². The van der Waals surface area contributed by atoms with Crippen LogP contribution in [-0.4, -0.2) is 55.9 Å². The minimum atomic E-state index is -1.79. The molecule has 2 aromatic heterocycles. The Morgan fingerprint density at radius 3 is 2.74 bits per heavy atom. The van der Waals surface area contributed by atoms with Crippen molar-refractivity contribution >= 4 is 42.6 Å². The number of esters is 1. The van der Waals surface area contributed by atoms with Crippen molar-refractivity contribution < 1.29 is 14.0 Å². The van der Waals surface area contributed by atoms with Crippen LogP contribution in [-0.2, 0) is 14.0 Å². The van der Waals surface area contributed by atoms with Gasteiger partial charge < -0.3 is 14.1 Å². The SMILES string of the molecule is COC(=O)C1CCN(c2nn([C@@H](C)CCO[Si](C)(C)C(C)(C)C)c3cc(Cl)ncc23)C1. The highest BCUT2D eigenvalue weighted by atomic mass is 35.5. The van der Waals surface area contributed by atoms with Gasteiger partial charge in [-0.3, -0.25) is 9.48 Å². The molecule has 3 rings (SSSR count). The molecule has 0 aromatic carbocycles. The number of carbonyl (C=O) groups is 1. The van der Waals surface area contributed by atoms with Gasteiger partial charge in [-0.2, -0.15) is 5.10 Å². The summed E-state index contributed by atoms with van der Waals surface area (Å²) in [5.41, 5.74) is 0.955. The number of rotatable bonds is 7. The van der Waals surface area contributed by atoms with Gasteiger partial charge >= 0.3 is 5.97 Å². The summed E-state index contributed by atoms with van der Waals surface area (Å²) in [4.78, 5) is 18.4. The van der Waals surface area contributed by atoms with Crippen molar-refractivity contribution in [1.82, 2.24) is 14.8 Å². The minimum absolute atomic E-state index is 0.124. The lowest BCUT2D eigenvalue weighted by Crippen LogP contribution is -2.41. The normalized spacial score (nSPS) is 18.6. The first-order valence-corrected chi connectivity index (χ1v) is 14.2. The topological polar surface area (TPSA) is 69.5 Å². The molecule has 1 fully saturated rings. The Kier molecular flexibility index (Phi) is 7.03. The van der Waals surface area contributed by atoms with Crippen molar-refractivity contribution in [2.24, 2.45) is 5.92 Å². The summed E-state index contributed by atoms with van der Waals surface area (Å²) >= 11 is 6.22. The molecule has 1 saturated heterocycles. The molecule has 1 unspecified atom stereocenters. The molecule has 3 heterocycles. The van der Waals surface area contributed by atoms with Crippen LogP contribution in [0.4, 0.5) is 5.82 Å². The Morgan fingerprint density at radius 1 is 1.39 bits per heavy atom. The van der Waals surface area contributed by atoms with Crippen molar-refractivity contribution in [3.05, 3.63) is 17.4 Å². The Bertz CT molecular complexity index is 941. The first-order chi connectivity index (χ1) is 14.4. The molecule has 0 bridgehead atoms. The maximum absolute atomic E-state index is 12.0. The first kappa shape index (κ1) is 24.0. The lowest BCUT2D eigenvalue weighted by molar-refractivity contribution is -0.144. The predicted octanol–water partition coefficient (Wildman–Crippen LogP) is 5.06. The molecule has 31 heavy (non-hydrogen) atoms. The van der Waals surface area contributed by atoms with E-state index >= 15 is 0 Å². The van der Waals surface area contributed by atoms with Gasteiger partial charge in [0.25, 0.3) is 0 Å². The van der Waals surface area contributed by atoms with Gasteiger partial charge in [-0.25, -0.2) is 4.98 Å². The number of ether oxygens (including phenoxy) is 1. The van der Waals surface area contributed by atoms with E-state index in [4.69, 9.17) is 25.9 Å². The van der Waals surface area contributed by atoms with Crippen LogP contribution in [0.2, 0.25) is 23.3 Å². The van der Waals surface area contributed by atoms with Crippen LogP contribution in [0.3, 0.4) is 0 Å². The Balaban J connectivity index is 1.81. The molecule has 0 saturated carbocycles. The number of methoxy groups -OCH3 is 1. The molecular formula is C22H35ClN4O3Si. The molecule has 2 aromatic rings. The number of halogens is 1. The molecule has 172 valence electrons. The van der Waals surface area contributed by atoms with Crippen LogP contribution in [0, 0.1) is 5.92 Å².